The SMILES string of the molecule is CCCCCN1C(SCC(C)=O)=NC2C1C(=O)NC(=O)N2C. The summed E-state index contributed by atoms with van der Waals surface area (Å²) < 4.78 is 0. The molecule has 2 heterocycles. The molecule has 0 aromatic heterocycles. The van der Waals surface area contributed by atoms with Gasteiger partial charge in [-0.05, 0) is 13.3 Å². The number of amides is 3. The van der Waals surface area contributed by atoms with Gasteiger partial charge in [-0.25, -0.2) is 9.79 Å². The Balaban J connectivity index is 2.18. The van der Waals surface area contributed by atoms with Crippen LogP contribution in [-0.2, 0) is 9.59 Å². The van der Waals surface area contributed by atoms with Gasteiger partial charge in [0.2, 0.25) is 0 Å². The second kappa shape index (κ2) is 7.13. The van der Waals surface area contributed by atoms with Crippen molar-refractivity contribution in [1.82, 2.24) is 15.1 Å². The minimum atomic E-state index is -0.502. The van der Waals surface area contributed by atoms with E-state index in [9.17, 15) is 14.4 Å². The summed E-state index contributed by atoms with van der Waals surface area (Å²) in [5.74, 6) is 0.0682. The first-order valence-electron chi connectivity index (χ1n) is 7.50. The number of rotatable bonds is 6. The number of Topliss-reactive ketones (excluding diaryl/α,β-unsaturated/α-hetero) is 1. The van der Waals surface area contributed by atoms with E-state index in [1.165, 1.54) is 23.6 Å². The Labute approximate surface area is 134 Å². The zero-order valence-corrected chi connectivity index (χ0v) is 14.0. The smallest absolute Gasteiger partial charge is 0.325 e. The fourth-order valence-electron chi connectivity index (χ4n) is 2.55. The maximum atomic E-state index is 12.2. The lowest BCUT2D eigenvalue weighted by Crippen LogP contribution is -2.63. The van der Waals surface area contributed by atoms with Crippen LogP contribution >= 0.6 is 11.8 Å². The lowest BCUT2D eigenvalue weighted by Gasteiger charge is -2.36. The zero-order valence-electron chi connectivity index (χ0n) is 13.2. The molecule has 1 fully saturated rings. The van der Waals surface area contributed by atoms with E-state index in [1.807, 2.05) is 4.90 Å². The zero-order chi connectivity index (χ0) is 16.3. The summed E-state index contributed by atoms with van der Waals surface area (Å²) in [5, 5.41) is 3.04. The molecule has 2 atom stereocenters. The van der Waals surface area contributed by atoms with Crippen molar-refractivity contribution < 1.29 is 14.4 Å². The van der Waals surface area contributed by atoms with Gasteiger partial charge in [0.05, 0.1) is 5.75 Å². The highest BCUT2D eigenvalue weighted by Gasteiger charge is 2.48. The number of hydrogen-bond donors (Lipinski definition) is 1. The molecule has 2 aliphatic rings. The number of aliphatic imine (C=N–C) groups is 1. The number of fused-ring (bicyclic) bond motifs is 1. The average molecular weight is 326 g/mol. The van der Waals surface area contributed by atoms with Crippen molar-refractivity contribution in [3.63, 3.8) is 0 Å². The second-order valence-electron chi connectivity index (χ2n) is 5.57. The molecule has 1 saturated heterocycles. The Morgan fingerprint density at radius 3 is 2.73 bits per heavy atom. The molecule has 0 aliphatic carbocycles. The van der Waals surface area contributed by atoms with Crippen molar-refractivity contribution >= 4 is 34.7 Å². The minimum Gasteiger partial charge on any atom is -0.336 e. The summed E-state index contributed by atoms with van der Waals surface area (Å²) >= 11 is 1.34. The number of urea groups is 1. The van der Waals surface area contributed by atoms with E-state index in [0.29, 0.717) is 17.5 Å². The van der Waals surface area contributed by atoms with E-state index in [4.69, 9.17) is 0 Å². The van der Waals surface area contributed by atoms with E-state index in [2.05, 4.69) is 17.2 Å². The molecule has 0 spiro atoms. The van der Waals surface area contributed by atoms with Gasteiger partial charge in [-0.15, -0.1) is 0 Å². The first kappa shape index (κ1) is 16.8. The van der Waals surface area contributed by atoms with Gasteiger partial charge in [0.1, 0.15) is 5.78 Å². The maximum absolute atomic E-state index is 12.2. The number of likely N-dealkylation sites (N-methyl/N-ethyl adjacent to an activating group) is 1. The van der Waals surface area contributed by atoms with Crippen LogP contribution in [0.15, 0.2) is 4.99 Å². The van der Waals surface area contributed by atoms with Gasteiger partial charge in [-0.1, -0.05) is 31.5 Å². The van der Waals surface area contributed by atoms with Crippen molar-refractivity contribution in [3.05, 3.63) is 0 Å². The highest BCUT2D eigenvalue weighted by molar-refractivity contribution is 8.14. The number of imide groups is 1. The number of carbonyl (C=O) groups excluding carboxylic acids is 3. The Morgan fingerprint density at radius 1 is 1.36 bits per heavy atom. The monoisotopic (exact) mass is 326 g/mol. The predicted octanol–water partition coefficient (Wildman–Crippen LogP) is 1.05. The van der Waals surface area contributed by atoms with Crippen LogP contribution in [0.2, 0.25) is 0 Å². The van der Waals surface area contributed by atoms with E-state index >= 15 is 0 Å². The van der Waals surface area contributed by atoms with Gasteiger partial charge in [0, 0.05) is 13.6 Å². The Morgan fingerprint density at radius 2 is 2.09 bits per heavy atom. The fraction of sp³-hybridized carbons (Fsp3) is 0.714. The number of ketones is 1. The van der Waals surface area contributed by atoms with Gasteiger partial charge in [-0.3, -0.25) is 14.9 Å². The summed E-state index contributed by atoms with van der Waals surface area (Å²) in [6, 6.07) is -0.921. The standard InChI is InChI=1S/C14H22N4O3S/c1-4-5-6-7-18-10-11(15-14(18)22-8-9(2)19)17(3)13(21)16-12(10)20/h10-11H,4-8H2,1-3H3,(H,16,20,21). The number of amidine groups is 1. The van der Waals surface area contributed by atoms with E-state index in [0.717, 1.165) is 19.3 Å². The normalized spacial score (nSPS) is 24.2. The molecule has 3 amide bonds. The van der Waals surface area contributed by atoms with E-state index < -0.39 is 18.2 Å². The molecule has 0 bridgehead atoms. The lowest BCUT2D eigenvalue weighted by atomic mass is 10.1. The van der Waals surface area contributed by atoms with Crippen molar-refractivity contribution in [2.45, 2.75) is 45.3 Å². The van der Waals surface area contributed by atoms with Crippen LogP contribution in [0.25, 0.3) is 0 Å². The first-order chi connectivity index (χ1) is 10.5. The average Bonchev–Trinajstić information content (AvgIpc) is 2.82. The van der Waals surface area contributed by atoms with Gasteiger partial charge < -0.3 is 9.80 Å². The van der Waals surface area contributed by atoms with Crippen LogP contribution in [0.3, 0.4) is 0 Å². The molecule has 0 aromatic carbocycles. The van der Waals surface area contributed by atoms with Crippen molar-refractivity contribution in [2.75, 3.05) is 19.3 Å². The Hall–Kier alpha value is -1.57. The molecule has 2 unspecified atom stereocenters. The van der Waals surface area contributed by atoms with Gasteiger partial charge >= 0.3 is 6.03 Å². The number of unbranched alkanes of at least 4 members (excludes halogenated alkanes) is 2. The van der Waals surface area contributed by atoms with Crippen LogP contribution in [0.4, 0.5) is 4.79 Å². The maximum Gasteiger partial charge on any atom is 0.325 e. The number of hydrogen-bond acceptors (Lipinski definition) is 6. The molecule has 1 N–H and O–H groups in total. The van der Waals surface area contributed by atoms with E-state index in [-0.39, 0.29) is 11.7 Å². The van der Waals surface area contributed by atoms with Crippen LogP contribution in [0.1, 0.15) is 33.1 Å². The molecular formula is C14H22N4O3S. The van der Waals surface area contributed by atoms with Gasteiger partial charge in [0.25, 0.3) is 5.91 Å². The summed E-state index contributed by atoms with van der Waals surface area (Å²) in [4.78, 5) is 43.1. The number of carbonyl (C=O) groups is 3. The first-order valence-corrected chi connectivity index (χ1v) is 8.48. The third kappa shape index (κ3) is 3.43. The number of nitrogens with zero attached hydrogens (tertiary/aromatic N) is 3. The molecular weight excluding hydrogens is 304 g/mol. The van der Waals surface area contributed by atoms with Crippen LogP contribution in [-0.4, -0.2) is 64.2 Å². The van der Waals surface area contributed by atoms with E-state index in [1.54, 1.807) is 7.05 Å². The second-order valence-corrected chi connectivity index (χ2v) is 6.51. The molecule has 8 heteroatoms. The van der Waals surface area contributed by atoms with Crippen molar-refractivity contribution in [3.8, 4) is 0 Å². The van der Waals surface area contributed by atoms with Gasteiger partial charge in [-0.2, -0.15) is 0 Å². The predicted molar refractivity (Wildman–Crippen MR) is 85.7 cm³/mol. The fourth-order valence-corrected chi connectivity index (χ4v) is 3.44. The molecule has 22 heavy (non-hydrogen) atoms. The molecule has 7 nitrogen and oxygen atoms in total. The largest absolute Gasteiger partial charge is 0.336 e. The van der Waals surface area contributed by atoms with Crippen LogP contribution in [0.5, 0.6) is 0 Å². The molecule has 0 radical (unpaired) electrons. The van der Waals surface area contributed by atoms with Crippen molar-refractivity contribution in [1.29, 1.82) is 0 Å². The molecule has 122 valence electrons. The molecule has 2 rings (SSSR count). The molecule has 0 aromatic rings. The van der Waals surface area contributed by atoms with Crippen molar-refractivity contribution in [2.24, 2.45) is 4.99 Å². The topological polar surface area (TPSA) is 82.1 Å². The third-order valence-electron chi connectivity index (χ3n) is 3.73. The Kier molecular flexibility index (Phi) is 5.44. The molecule has 0 saturated carbocycles. The number of thioether (sulfide) groups is 1. The van der Waals surface area contributed by atoms with Crippen LogP contribution in [0, 0.1) is 0 Å². The summed E-state index contributed by atoms with van der Waals surface area (Å²) in [6.45, 7) is 4.35. The lowest BCUT2D eigenvalue weighted by molar-refractivity contribution is -0.127. The highest BCUT2D eigenvalue weighted by Crippen LogP contribution is 2.28. The number of nitrogens with one attached hydrogen (secondary N) is 1. The van der Waals surface area contributed by atoms with Crippen LogP contribution < -0.4 is 5.32 Å². The highest BCUT2D eigenvalue weighted by atomic mass is 32.2. The summed E-state index contributed by atoms with van der Waals surface area (Å²) in [7, 11) is 1.63. The van der Waals surface area contributed by atoms with Gasteiger partial charge in [0.15, 0.2) is 17.4 Å². The summed E-state index contributed by atoms with van der Waals surface area (Å²) in [6.07, 6.45) is 2.59. The molecule has 2 aliphatic heterocycles. The third-order valence-corrected chi connectivity index (χ3v) is 4.88. The summed E-state index contributed by atoms with van der Waals surface area (Å²) in [5.41, 5.74) is 0. The minimum absolute atomic E-state index is 0.0602. The quantitative estimate of drug-likeness (QED) is 0.738. The Bertz CT molecular complexity index is 508.